The van der Waals surface area contributed by atoms with Crippen LogP contribution in [0.5, 0.6) is 0 Å². The molecule has 0 radical (unpaired) electrons. The molecule has 0 aliphatic carbocycles. The van der Waals surface area contributed by atoms with Crippen LogP contribution in [0.15, 0.2) is 29.2 Å². The first-order chi connectivity index (χ1) is 10.1. The van der Waals surface area contributed by atoms with Gasteiger partial charge in [0.05, 0.1) is 4.90 Å². The normalized spacial score (nSPS) is 18.0. The zero-order chi connectivity index (χ0) is 15.3. The fraction of sp³-hybridized carbons (Fsp3) is 0.600. The molecule has 21 heavy (non-hydrogen) atoms. The van der Waals surface area contributed by atoms with Gasteiger partial charge >= 0.3 is 0 Å². The highest BCUT2D eigenvalue weighted by atomic mass is 32.2. The second kappa shape index (κ2) is 7.35. The third-order valence-electron chi connectivity index (χ3n) is 3.88. The van der Waals surface area contributed by atoms with Crippen molar-refractivity contribution >= 4 is 10.0 Å². The van der Waals surface area contributed by atoms with Gasteiger partial charge in [-0.05, 0) is 24.1 Å². The molecule has 2 rings (SSSR count). The molecule has 1 aromatic carbocycles. The Morgan fingerprint density at radius 1 is 1.10 bits per heavy atom. The highest BCUT2D eigenvalue weighted by molar-refractivity contribution is 7.89. The molecule has 0 unspecified atom stereocenters. The zero-order valence-corrected chi connectivity index (χ0v) is 13.5. The number of hydrogen-bond donors (Lipinski definition) is 1. The average Bonchev–Trinajstić information content (AvgIpc) is 2.49. The number of nitrogens with zero attached hydrogens (tertiary/aromatic N) is 2. The van der Waals surface area contributed by atoms with Crippen LogP contribution in [0.4, 0.5) is 0 Å². The third-order valence-corrected chi connectivity index (χ3v) is 5.79. The molecule has 1 saturated heterocycles. The second-order valence-corrected chi connectivity index (χ2v) is 7.37. The van der Waals surface area contributed by atoms with E-state index in [-0.39, 0.29) is 0 Å². The molecule has 118 valence electrons. The Bertz CT molecular complexity index is 535. The lowest BCUT2D eigenvalue weighted by Crippen LogP contribution is -2.49. The predicted molar refractivity (Wildman–Crippen MR) is 84.7 cm³/mol. The highest BCUT2D eigenvalue weighted by Crippen LogP contribution is 2.18. The van der Waals surface area contributed by atoms with Gasteiger partial charge in [0.25, 0.3) is 0 Å². The number of benzene rings is 1. The molecule has 5 nitrogen and oxygen atoms in total. The Labute approximate surface area is 127 Å². The van der Waals surface area contributed by atoms with Gasteiger partial charge in [0, 0.05) is 39.3 Å². The smallest absolute Gasteiger partial charge is 0.243 e. The fourth-order valence-electron chi connectivity index (χ4n) is 2.64. The van der Waals surface area contributed by atoms with Gasteiger partial charge in [-0.3, -0.25) is 4.90 Å². The Morgan fingerprint density at radius 2 is 1.71 bits per heavy atom. The first-order valence-electron chi connectivity index (χ1n) is 7.59. The van der Waals surface area contributed by atoms with Crippen LogP contribution < -0.4 is 5.73 Å². The van der Waals surface area contributed by atoms with Crippen LogP contribution in [0.3, 0.4) is 0 Å². The van der Waals surface area contributed by atoms with E-state index in [1.54, 1.807) is 16.4 Å². The zero-order valence-electron chi connectivity index (χ0n) is 12.7. The number of rotatable bonds is 6. The van der Waals surface area contributed by atoms with Crippen LogP contribution >= 0.6 is 0 Å². The lowest BCUT2D eigenvalue weighted by molar-refractivity contribution is 0.192. The predicted octanol–water partition coefficient (Wildman–Crippen LogP) is 0.904. The summed E-state index contributed by atoms with van der Waals surface area (Å²) in [7, 11) is -3.36. The molecule has 0 atom stereocenters. The highest BCUT2D eigenvalue weighted by Gasteiger charge is 2.27. The Hall–Kier alpha value is -0.950. The maximum Gasteiger partial charge on any atom is 0.243 e. The molecule has 1 heterocycles. The molecule has 0 amide bonds. The van der Waals surface area contributed by atoms with Crippen LogP contribution in [0.25, 0.3) is 0 Å². The van der Waals surface area contributed by atoms with Crippen molar-refractivity contribution in [3.63, 3.8) is 0 Å². The SMILES string of the molecule is CCCc1ccc(S(=O)(=O)N2CCN(CCN)CC2)cc1. The van der Waals surface area contributed by atoms with Crippen LogP contribution in [-0.4, -0.2) is 56.9 Å². The molecule has 1 fully saturated rings. The third kappa shape index (κ3) is 4.03. The van der Waals surface area contributed by atoms with Crippen molar-refractivity contribution in [3.05, 3.63) is 29.8 Å². The van der Waals surface area contributed by atoms with Gasteiger partial charge in [0.15, 0.2) is 0 Å². The molecule has 0 spiro atoms. The number of piperazine rings is 1. The summed E-state index contributed by atoms with van der Waals surface area (Å²) in [5.41, 5.74) is 6.72. The maximum absolute atomic E-state index is 12.6. The van der Waals surface area contributed by atoms with E-state index >= 15 is 0 Å². The van der Waals surface area contributed by atoms with Gasteiger partial charge in [-0.2, -0.15) is 4.31 Å². The standard InChI is InChI=1S/C15H25N3O2S/c1-2-3-14-4-6-15(7-5-14)21(19,20)18-12-10-17(9-8-16)11-13-18/h4-7H,2-3,8-13,16H2,1H3. The Balaban J connectivity index is 2.04. The van der Waals surface area contributed by atoms with Crippen molar-refractivity contribution in [2.24, 2.45) is 5.73 Å². The van der Waals surface area contributed by atoms with Crippen LogP contribution in [0.1, 0.15) is 18.9 Å². The second-order valence-electron chi connectivity index (χ2n) is 5.43. The minimum atomic E-state index is -3.36. The van der Waals surface area contributed by atoms with E-state index in [9.17, 15) is 8.42 Å². The molecule has 6 heteroatoms. The van der Waals surface area contributed by atoms with E-state index < -0.39 is 10.0 Å². The van der Waals surface area contributed by atoms with E-state index in [4.69, 9.17) is 5.73 Å². The molecule has 1 aliphatic rings. The quantitative estimate of drug-likeness (QED) is 0.848. The van der Waals surface area contributed by atoms with E-state index in [0.29, 0.717) is 24.5 Å². The van der Waals surface area contributed by atoms with Gasteiger partial charge in [-0.25, -0.2) is 8.42 Å². The summed E-state index contributed by atoms with van der Waals surface area (Å²) in [6, 6.07) is 7.29. The molecule has 1 aliphatic heterocycles. The van der Waals surface area contributed by atoms with Gasteiger partial charge in [-0.1, -0.05) is 25.5 Å². The molecular weight excluding hydrogens is 286 g/mol. The van der Waals surface area contributed by atoms with Gasteiger partial charge in [0.1, 0.15) is 0 Å². The summed E-state index contributed by atoms with van der Waals surface area (Å²) in [5.74, 6) is 0. The van der Waals surface area contributed by atoms with E-state index in [0.717, 1.165) is 32.5 Å². The van der Waals surface area contributed by atoms with Crippen molar-refractivity contribution in [1.29, 1.82) is 0 Å². The minimum Gasteiger partial charge on any atom is -0.329 e. The number of sulfonamides is 1. The molecule has 1 aromatic rings. The van der Waals surface area contributed by atoms with E-state index in [2.05, 4.69) is 11.8 Å². The lowest BCUT2D eigenvalue weighted by Gasteiger charge is -2.33. The minimum absolute atomic E-state index is 0.398. The van der Waals surface area contributed by atoms with Crippen molar-refractivity contribution in [1.82, 2.24) is 9.21 Å². The fourth-order valence-corrected chi connectivity index (χ4v) is 4.06. The van der Waals surface area contributed by atoms with Gasteiger partial charge < -0.3 is 5.73 Å². The first kappa shape index (κ1) is 16.4. The maximum atomic E-state index is 12.6. The van der Waals surface area contributed by atoms with E-state index in [1.165, 1.54) is 5.56 Å². The number of hydrogen-bond acceptors (Lipinski definition) is 4. The van der Waals surface area contributed by atoms with Crippen molar-refractivity contribution < 1.29 is 8.42 Å². The molecule has 0 saturated carbocycles. The lowest BCUT2D eigenvalue weighted by atomic mass is 10.1. The first-order valence-corrected chi connectivity index (χ1v) is 9.03. The summed E-state index contributed by atoms with van der Waals surface area (Å²) >= 11 is 0. The molecule has 0 aromatic heterocycles. The van der Waals surface area contributed by atoms with Crippen LogP contribution in [0.2, 0.25) is 0 Å². The Morgan fingerprint density at radius 3 is 2.24 bits per heavy atom. The van der Waals surface area contributed by atoms with E-state index in [1.807, 2.05) is 12.1 Å². The topological polar surface area (TPSA) is 66.6 Å². The van der Waals surface area contributed by atoms with Crippen LogP contribution in [-0.2, 0) is 16.4 Å². The van der Waals surface area contributed by atoms with Gasteiger partial charge in [0.2, 0.25) is 10.0 Å². The Kier molecular flexibility index (Phi) is 5.75. The van der Waals surface area contributed by atoms with Crippen LogP contribution in [0, 0.1) is 0 Å². The average molecular weight is 311 g/mol. The summed E-state index contributed by atoms with van der Waals surface area (Å²) in [4.78, 5) is 2.60. The van der Waals surface area contributed by atoms with Crippen molar-refractivity contribution in [2.45, 2.75) is 24.7 Å². The summed E-state index contributed by atoms with van der Waals surface area (Å²) < 4.78 is 26.8. The summed E-state index contributed by atoms with van der Waals surface area (Å²) in [6.45, 7) is 6.16. The molecule has 2 N–H and O–H groups in total. The molecular formula is C15H25N3O2S. The largest absolute Gasteiger partial charge is 0.329 e. The summed E-state index contributed by atoms with van der Waals surface area (Å²) in [6.07, 6.45) is 2.05. The van der Waals surface area contributed by atoms with Crippen molar-refractivity contribution in [3.8, 4) is 0 Å². The monoisotopic (exact) mass is 311 g/mol. The molecule has 0 bridgehead atoms. The van der Waals surface area contributed by atoms with Gasteiger partial charge in [-0.15, -0.1) is 0 Å². The van der Waals surface area contributed by atoms with Crippen molar-refractivity contribution in [2.75, 3.05) is 39.3 Å². The number of nitrogens with two attached hydrogens (primary N) is 1. The summed E-state index contributed by atoms with van der Waals surface area (Å²) in [5, 5.41) is 0. The number of aryl methyl sites for hydroxylation is 1.